The Balaban J connectivity index is 1.76. The lowest BCUT2D eigenvalue weighted by Gasteiger charge is -2.17. The molecule has 0 bridgehead atoms. The molecule has 0 aliphatic carbocycles. The summed E-state index contributed by atoms with van der Waals surface area (Å²) in [5.74, 6) is -0.400. The molecule has 1 atom stereocenters. The Hall–Kier alpha value is -2.80. The Kier molecular flexibility index (Phi) is 5.34. The summed E-state index contributed by atoms with van der Waals surface area (Å²) in [6.45, 7) is 0.655. The molecule has 4 rings (SSSR count). The standard InChI is InChI=1S/C21H19BrN4O2/c22-14-4-5-17-15(11-14)16(12-19(25-17)13-6-9-23-10-7-13)20(27)26-18-3-1-2-8-24-21(18)28/h4-7,9-12,18H,1-3,8H2,(H,24,28)(H,26,27)/t18-/m0/s1. The first-order valence-electron chi connectivity index (χ1n) is 9.21. The summed E-state index contributed by atoms with van der Waals surface area (Å²) in [6.07, 6.45) is 5.85. The summed E-state index contributed by atoms with van der Waals surface area (Å²) < 4.78 is 0.861. The lowest BCUT2D eigenvalue weighted by Crippen LogP contribution is -2.45. The molecule has 1 saturated heterocycles. The molecule has 1 aromatic carbocycles. The summed E-state index contributed by atoms with van der Waals surface area (Å²) >= 11 is 3.47. The van der Waals surface area contributed by atoms with Gasteiger partial charge in [-0.25, -0.2) is 4.98 Å². The summed E-state index contributed by atoms with van der Waals surface area (Å²) in [4.78, 5) is 34.1. The molecule has 0 unspecified atom stereocenters. The van der Waals surface area contributed by atoms with E-state index in [1.54, 1.807) is 18.5 Å². The molecule has 0 radical (unpaired) electrons. The third kappa shape index (κ3) is 3.89. The van der Waals surface area contributed by atoms with Crippen LogP contribution in [0.2, 0.25) is 0 Å². The number of fused-ring (bicyclic) bond motifs is 1. The fourth-order valence-corrected chi connectivity index (χ4v) is 3.73. The van der Waals surface area contributed by atoms with Crippen molar-refractivity contribution in [3.63, 3.8) is 0 Å². The zero-order valence-corrected chi connectivity index (χ0v) is 16.7. The molecule has 0 saturated carbocycles. The fraction of sp³-hybridized carbons (Fsp3) is 0.238. The minimum atomic E-state index is -0.519. The molecule has 7 heteroatoms. The zero-order valence-electron chi connectivity index (χ0n) is 15.1. The molecular weight excluding hydrogens is 420 g/mol. The van der Waals surface area contributed by atoms with Gasteiger partial charge < -0.3 is 10.6 Å². The van der Waals surface area contributed by atoms with Gasteiger partial charge in [0, 0.05) is 34.4 Å². The van der Waals surface area contributed by atoms with Crippen LogP contribution >= 0.6 is 15.9 Å². The molecule has 28 heavy (non-hydrogen) atoms. The summed E-state index contributed by atoms with van der Waals surface area (Å²) in [6, 6.07) is 10.6. The first kappa shape index (κ1) is 18.6. The Morgan fingerprint density at radius 3 is 2.79 bits per heavy atom. The van der Waals surface area contributed by atoms with Crippen LogP contribution in [0.15, 0.2) is 53.3 Å². The van der Waals surface area contributed by atoms with E-state index < -0.39 is 6.04 Å². The lowest BCUT2D eigenvalue weighted by molar-refractivity contribution is -0.122. The van der Waals surface area contributed by atoms with Gasteiger partial charge in [0.1, 0.15) is 6.04 Å². The average molecular weight is 439 g/mol. The summed E-state index contributed by atoms with van der Waals surface area (Å²) in [7, 11) is 0. The molecule has 3 heterocycles. The van der Waals surface area contributed by atoms with Gasteiger partial charge in [0.2, 0.25) is 5.91 Å². The van der Waals surface area contributed by atoms with E-state index in [1.165, 1.54) is 0 Å². The quantitative estimate of drug-likeness (QED) is 0.655. The average Bonchev–Trinajstić information content (AvgIpc) is 2.92. The highest BCUT2D eigenvalue weighted by Gasteiger charge is 2.24. The van der Waals surface area contributed by atoms with E-state index >= 15 is 0 Å². The van der Waals surface area contributed by atoms with Crippen molar-refractivity contribution in [1.29, 1.82) is 0 Å². The Bertz CT molecular complexity index is 1040. The Morgan fingerprint density at radius 1 is 1.14 bits per heavy atom. The van der Waals surface area contributed by atoms with E-state index in [0.717, 1.165) is 28.3 Å². The monoisotopic (exact) mass is 438 g/mol. The van der Waals surface area contributed by atoms with Gasteiger partial charge in [0.15, 0.2) is 0 Å². The van der Waals surface area contributed by atoms with E-state index in [2.05, 4.69) is 31.5 Å². The van der Waals surface area contributed by atoms with E-state index in [4.69, 9.17) is 4.98 Å². The van der Waals surface area contributed by atoms with Crippen LogP contribution < -0.4 is 10.6 Å². The van der Waals surface area contributed by atoms with Crippen LogP contribution in [-0.2, 0) is 4.79 Å². The highest BCUT2D eigenvalue weighted by Crippen LogP contribution is 2.27. The molecule has 1 fully saturated rings. The largest absolute Gasteiger partial charge is 0.354 e. The van der Waals surface area contributed by atoms with Crippen molar-refractivity contribution in [1.82, 2.24) is 20.6 Å². The van der Waals surface area contributed by atoms with Crippen LogP contribution in [0.1, 0.15) is 29.6 Å². The van der Waals surface area contributed by atoms with Crippen molar-refractivity contribution in [3.8, 4) is 11.3 Å². The zero-order chi connectivity index (χ0) is 19.5. The number of pyridine rings is 2. The van der Waals surface area contributed by atoms with Crippen molar-refractivity contribution >= 4 is 38.6 Å². The predicted octanol–water partition coefficient (Wildman–Crippen LogP) is 3.46. The number of carbonyl (C=O) groups excluding carboxylic acids is 2. The molecular formula is C21H19BrN4O2. The first-order valence-corrected chi connectivity index (χ1v) is 10.0. The third-order valence-electron chi connectivity index (χ3n) is 4.83. The number of nitrogens with one attached hydrogen (secondary N) is 2. The molecule has 1 aliphatic rings. The van der Waals surface area contributed by atoms with Crippen LogP contribution in [0.5, 0.6) is 0 Å². The maximum absolute atomic E-state index is 13.1. The molecule has 1 aliphatic heterocycles. The number of hydrogen-bond donors (Lipinski definition) is 2. The maximum atomic E-state index is 13.1. The van der Waals surface area contributed by atoms with Crippen molar-refractivity contribution < 1.29 is 9.59 Å². The lowest BCUT2D eigenvalue weighted by atomic mass is 10.0. The second kappa shape index (κ2) is 8.06. The summed E-state index contributed by atoms with van der Waals surface area (Å²) in [5.41, 5.74) is 2.77. The van der Waals surface area contributed by atoms with Crippen LogP contribution in [0, 0.1) is 0 Å². The van der Waals surface area contributed by atoms with E-state index in [1.807, 2.05) is 30.3 Å². The van der Waals surface area contributed by atoms with Gasteiger partial charge in [-0.3, -0.25) is 14.6 Å². The van der Waals surface area contributed by atoms with Crippen LogP contribution in [0.25, 0.3) is 22.2 Å². The van der Waals surface area contributed by atoms with Crippen LogP contribution in [0.4, 0.5) is 0 Å². The van der Waals surface area contributed by atoms with Gasteiger partial charge in [-0.1, -0.05) is 15.9 Å². The van der Waals surface area contributed by atoms with Gasteiger partial charge in [0.05, 0.1) is 16.8 Å². The van der Waals surface area contributed by atoms with Crippen molar-refractivity contribution in [2.45, 2.75) is 25.3 Å². The molecule has 142 valence electrons. The topological polar surface area (TPSA) is 84.0 Å². The van der Waals surface area contributed by atoms with Crippen molar-refractivity contribution in [3.05, 3.63) is 58.8 Å². The molecule has 2 amide bonds. The molecule has 0 spiro atoms. The smallest absolute Gasteiger partial charge is 0.252 e. The fourth-order valence-electron chi connectivity index (χ4n) is 3.37. The maximum Gasteiger partial charge on any atom is 0.252 e. The summed E-state index contributed by atoms with van der Waals surface area (Å²) in [5, 5.41) is 6.50. The van der Waals surface area contributed by atoms with Crippen molar-refractivity contribution in [2.24, 2.45) is 0 Å². The van der Waals surface area contributed by atoms with Gasteiger partial charge in [0.25, 0.3) is 5.91 Å². The van der Waals surface area contributed by atoms with Gasteiger partial charge in [-0.2, -0.15) is 0 Å². The van der Waals surface area contributed by atoms with Gasteiger partial charge in [-0.15, -0.1) is 0 Å². The SMILES string of the molecule is O=C(N[C@H]1CCCCNC1=O)c1cc(-c2ccncc2)nc2ccc(Br)cc12. The molecule has 2 N–H and O–H groups in total. The predicted molar refractivity (Wildman–Crippen MR) is 111 cm³/mol. The number of nitrogens with zero attached hydrogens (tertiary/aromatic N) is 2. The number of halogens is 1. The van der Waals surface area contributed by atoms with E-state index in [9.17, 15) is 9.59 Å². The highest BCUT2D eigenvalue weighted by atomic mass is 79.9. The number of rotatable bonds is 3. The van der Waals surface area contributed by atoms with Crippen molar-refractivity contribution in [2.75, 3.05) is 6.54 Å². The first-order chi connectivity index (χ1) is 13.6. The van der Waals surface area contributed by atoms with Crippen LogP contribution in [0.3, 0.4) is 0 Å². The number of benzene rings is 1. The van der Waals surface area contributed by atoms with Gasteiger partial charge in [-0.05, 0) is 55.7 Å². The van der Waals surface area contributed by atoms with Gasteiger partial charge >= 0.3 is 0 Å². The minimum Gasteiger partial charge on any atom is -0.354 e. The Labute approximate surface area is 170 Å². The van der Waals surface area contributed by atoms with E-state index in [0.29, 0.717) is 29.7 Å². The minimum absolute atomic E-state index is 0.125. The number of hydrogen-bond acceptors (Lipinski definition) is 4. The third-order valence-corrected chi connectivity index (χ3v) is 5.33. The molecule has 3 aromatic rings. The second-order valence-corrected chi connectivity index (χ2v) is 7.68. The molecule has 2 aromatic heterocycles. The number of carbonyl (C=O) groups is 2. The highest BCUT2D eigenvalue weighted by molar-refractivity contribution is 9.10. The number of amides is 2. The Morgan fingerprint density at radius 2 is 1.96 bits per heavy atom. The van der Waals surface area contributed by atoms with Crippen LogP contribution in [-0.4, -0.2) is 34.4 Å². The molecule has 6 nitrogen and oxygen atoms in total. The normalized spacial score (nSPS) is 17.0. The number of aromatic nitrogens is 2. The second-order valence-electron chi connectivity index (χ2n) is 6.77. The van der Waals surface area contributed by atoms with E-state index in [-0.39, 0.29) is 11.8 Å².